The van der Waals surface area contributed by atoms with Gasteiger partial charge in [0.15, 0.2) is 0 Å². The second-order valence-corrected chi connectivity index (χ2v) is 7.05. The molecule has 1 aromatic carbocycles. The number of ether oxygens (including phenoxy) is 1. The molecule has 2 rings (SSSR count). The van der Waals surface area contributed by atoms with E-state index in [1.165, 1.54) is 6.07 Å². The van der Waals surface area contributed by atoms with Crippen molar-refractivity contribution in [3.63, 3.8) is 0 Å². The van der Waals surface area contributed by atoms with E-state index in [2.05, 4.69) is 4.72 Å². The van der Waals surface area contributed by atoms with Gasteiger partial charge in [0.1, 0.15) is 10.7 Å². The zero-order valence-corrected chi connectivity index (χ0v) is 12.9. The lowest BCUT2D eigenvalue weighted by molar-refractivity contribution is 0.0200. The molecule has 1 aliphatic heterocycles. The Morgan fingerprint density at radius 1 is 1.43 bits per heavy atom. The quantitative estimate of drug-likeness (QED) is 0.859. The van der Waals surface area contributed by atoms with E-state index in [1.54, 1.807) is 0 Å². The zero-order chi connectivity index (χ0) is 15.5. The van der Waals surface area contributed by atoms with E-state index in [4.69, 9.17) is 21.4 Å². The number of hydrogen-bond donors (Lipinski definition) is 2. The Hall–Kier alpha value is -0.730. The molecule has 21 heavy (non-hydrogen) atoms. The van der Waals surface area contributed by atoms with Crippen molar-refractivity contribution >= 4 is 21.6 Å². The highest BCUT2D eigenvalue weighted by Crippen LogP contribution is 2.24. The Balaban J connectivity index is 2.17. The van der Waals surface area contributed by atoms with Gasteiger partial charge in [0.2, 0.25) is 10.0 Å². The van der Waals surface area contributed by atoms with E-state index in [0.717, 1.165) is 25.3 Å². The molecule has 1 aliphatic rings. The summed E-state index contributed by atoms with van der Waals surface area (Å²) in [4.78, 5) is -0.560. The van der Waals surface area contributed by atoms with Crippen LogP contribution in [0.1, 0.15) is 24.8 Å². The van der Waals surface area contributed by atoms with Gasteiger partial charge in [-0.1, -0.05) is 11.6 Å². The average Bonchev–Trinajstić information content (AvgIpc) is 2.48. The molecular weight excluding hydrogens is 321 g/mol. The van der Waals surface area contributed by atoms with Gasteiger partial charge in [0.25, 0.3) is 0 Å². The Morgan fingerprint density at radius 2 is 2.19 bits per heavy atom. The molecule has 1 fully saturated rings. The van der Waals surface area contributed by atoms with Gasteiger partial charge in [0, 0.05) is 23.7 Å². The van der Waals surface area contributed by atoms with Crippen LogP contribution >= 0.6 is 11.6 Å². The molecule has 0 amide bonds. The van der Waals surface area contributed by atoms with Crippen LogP contribution < -0.4 is 4.72 Å². The largest absolute Gasteiger partial charge is 0.392 e. The molecule has 0 radical (unpaired) electrons. The number of halogens is 2. The summed E-state index contributed by atoms with van der Waals surface area (Å²) in [5.41, 5.74) is -0.156. The van der Waals surface area contributed by atoms with Crippen LogP contribution in [-0.2, 0) is 21.4 Å². The molecule has 0 aliphatic carbocycles. The molecule has 1 heterocycles. The van der Waals surface area contributed by atoms with Crippen molar-refractivity contribution in [2.45, 2.75) is 36.9 Å². The minimum atomic E-state index is -4.05. The van der Waals surface area contributed by atoms with E-state index in [9.17, 15) is 12.8 Å². The Kier molecular flexibility index (Phi) is 5.56. The number of nitrogens with one attached hydrogen (secondary N) is 1. The van der Waals surface area contributed by atoms with Crippen molar-refractivity contribution in [1.82, 2.24) is 4.72 Å². The maximum Gasteiger partial charge on any atom is 0.243 e. The monoisotopic (exact) mass is 337 g/mol. The minimum Gasteiger partial charge on any atom is -0.392 e. The Morgan fingerprint density at radius 3 is 2.81 bits per heavy atom. The fourth-order valence-corrected chi connectivity index (χ4v) is 3.69. The molecule has 1 saturated heterocycles. The van der Waals surface area contributed by atoms with E-state index >= 15 is 0 Å². The summed E-state index contributed by atoms with van der Waals surface area (Å²) in [7, 11) is -4.05. The predicted octanol–water partition coefficient (Wildman–Crippen LogP) is 1.82. The van der Waals surface area contributed by atoms with Gasteiger partial charge in [-0.05, 0) is 31.4 Å². The van der Waals surface area contributed by atoms with E-state index in [0.29, 0.717) is 6.61 Å². The molecule has 1 unspecified atom stereocenters. The van der Waals surface area contributed by atoms with Crippen molar-refractivity contribution < 1.29 is 22.7 Å². The van der Waals surface area contributed by atoms with Crippen LogP contribution in [-0.4, -0.2) is 32.8 Å². The molecule has 118 valence electrons. The standard InChI is InChI=1S/C13H17ClFNO4S/c14-10-5-9(8-17)13(15)12(6-10)21(18,19)16-7-11-3-1-2-4-20-11/h5-6,11,16-17H,1-4,7-8H2. The summed E-state index contributed by atoms with van der Waals surface area (Å²) in [5, 5.41) is 9.08. The van der Waals surface area contributed by atoms with Crippen LogP contribution in [0.5, 0.6) is 0 Å². The van der Waals surface area contributed by atoms with Gasteiger partial charge < -0.3 is 9.84 Å². The number of sulfonamides is 1. The summed E-state index contributed by atoms with van der Waals surface area (Å²) in [5.74, 6) is -0.987. The van der Waals surface area contributed by atoms with Crippen molar-refractivity contribution in [2.24, 2.45) is 0 Å². The molecule has 5 nitrogen and oxygen atoms in total. The second kappa shape index (κ2) is 7.02. The van der Waals surface area contributed by atoms with E-state index in [1.807, 2.05) is 0 Å². The topological polar surface area (TPSA) is 75.6 Å². The van der Waals surface area contributed by atoms with E-state index < -0.39 is 27.3 Å². The smallest absolute Gasteiger partial charge is 0.243 e. The molecule has 0 saturated carbocycles. The first kappa shape index (κ1) is 16.6. The Bertz CT molecular complexity index is 602. The normalized spacial score (nSPS) is 19.7. The lowest BCUT2D eigenvalue weighted by Gasteiger charge is -2.22. The maximum absolute atomic E-state index is 14.0. The average molecular weight is 338 g/mol. The lowest BCUT2D eigenvalue weighted by atomic mass is 10.1. The van der Waals surface area contributed by atoms with Crippen LogP contribution in [0.2, 0.25) is 5.02 Å². The van der Waals surface area contributed by atoms with Crippen LogP contribution in [0.3, 0.4) is 0 Å². The fraction of sp³-hybridized carbons (Fsp3) is 0.538. The van der Waals surface area contributed by atoms with Crippen molar-refractivity contribution in [1.29, 1.82) is 0 Å². The first-order chi connectivity index (χ1) is 9.94. The van der Waals surface area contributed by atoms with Gasteiger partial charge >= 0.3 is 0 Å². The van der Waals surface area contributed by atoms with Crippen molar-refractivity contribution in [3.05, 3.63) is 28.5 Å². The van der Waals surface area contributed by atoms with Gasteiger partial charge in [-0.3, -0.25) is 0 Å². The first-order valence-electron chi connectivity index (χ1n) is 6.64. The second-order valence-electron chi connectivity index (χ2n) is 4.88. The molecule has 0 aromatic heterocycles. The highest BCUT2D eigenvalue weighted by atomic mass is 35.5. The number of rotatable bonds is 5. The van der Waals surface area contributed by atoms with Crippen LogP contribution in [0.4, 0.5) is 4.39 Å². The SMILES string of the molecule is O=S(=O)(NCC1CCCCO1)c1cc(Cl)cc(CO)c1F. The van der Waals surface area contributed by atoms with E-state index in [-0.39, 0.29) is 23.2 Å². The number of benzene rings is 1. The van der Waals surface area contributed by atoms with Gasteiger partial charge in [0.05, 0.1) is 12.7 Å². The van der Waals surface area contributed by atoms with Gasteiger partial charge in [-0.15, -0.1) is 0 Å². The molecule has 1 atom stereocenters. The molecule has 0 bridgehead atoms. The third-order valence-electron chi connectivity index (χ3n) is 3.31. The van der Waals surface area contributed by atoms with Gasteiger partial charge in [-0.25, -0.2) is 17.5 Å². The van der Waals surface area contributed by atoms with Crippen LogP contribution in [0.25, 0.3) is 0 Å². The molecule has 2 N–H and O–H groups in total. The summed E-state index contributed by atoms with van der Waals surface area (Å²) in [6, 6.07) is 2.22. The summed E-state index contributed by atoms with van der Waals surface area (Å²) in [6.07, 6.45) is 2.51. The fourth-order valence-electron chi connectivity index (χ4n) is 2.18. The van der Waals surface area contributed by atoms with Crippen molar-refractivity contribution in [3.8, 4) is 0 Å². The molecular formula is C13H17ClFNO4S. The van der Waals surface area contributed by atoms with Gasteiger partial charge in [-0.2, -0.15) is 0 Å². The third kappa shape index (κ3) is 4.14. The summed E-state index contributed by atoms with van der Waals surface area (Å²) in [6.45, 7) is 0.0655. The zero-order valence-electron chi connectivity index (χ0n) is 11.3. The Labute approximate surface area is 128 Å². The summed E-state index contributed by atoms with van der Waals surface area (Å²) >= 11 is 5.76. The van der Waals surface area contributed by atoms with Crippen molar-refractivity contribution in [2.75, 3.05) is 13.2 Å². The number of aliphatic hydroxyl groups excluding tert-OH is 1. The molecule has 0 spiro atoms. The first-order valence-corrected chi connectivity index (χ1v) is 8.50. The van der Waals surface area contributed by atoms with Crippen LogP contribution in [0, 0.1) is 5.82 Å². The van der Waals surface area contributed by atoms with Crippen LogP contribution in [0.15, 0.2) is 17.0 Å². The number of hydrogen-bond acceptors (Lipinski definition) is 4. The highest BCUT2D eigenvalue weighted by molar-refractivity contribution is 7.89. The predicted molar refractivity (Wildman–Crippen MR) is 76.1 cm³/mol. The highest BCUT2D eigenvalue weighted by Gasteiger charge is 2.24. The molecule has 8 heteroatoms. The maximum atomic E-state index is 14.0. The summed E-state index contributed by atoms with van der Waals surface area (Å²) < 4.78 is 46.1. The third-order valence-corrected chi connectivity index (χ3v) is 4.96. The lowest BCUT2D eigenvalue weighted by Crippen LogP contribution is -2.35. The number of aliphatic hydroxyl groups is 1. The molecule has 1 aromatic rings. The minimum absolute atomic E-state index is 0.0507.